The van der Waals surface area contributed by atoms with Crippen molar-refractivity contribution in [3.63, 3.8) is 0 Å². The average Bonchev–Trinajstić information content (AvgIpc) is 2.34. The summed E-state index contributed by atoms with van der Waals surface area (Å²) < 4.78 is 18.7. The number of amides is 1. The maximum Gasteiger partial charge on any atom is 0.410 e. The molecule has 0 spiro atoms. The summed E-state index contributed by atoms with van der Waals surface area (Å²) in [7, 11) is 0. The van der Waals surface area contributed by atoms with Crippen LogP contribution in [0.3, 0.4) is 0 Å². The minimum Gasteiger partial charge on any atom is -0.444 e. The van der Waals surface area contributed by atoms with Crippen LogP contribution in [-0.4, -0.2) is 29.7 Å². The molecule has 0 atom stereocenters. The Labute approximate surface area is 130 Å². The number of nitrogens with zero attached hydrogens (tertiary/aromatic N) is 1. The minimum absolute atomic E-state index is 0.177. The lowest BCUT2D eigenvalue weighted by atomic mass is 9.80. The van der Waals surface area contributed by atoms with Crippen molar-refractivity contribution in [3.8, 4) is 0 Å². The van der Waals surface area contributed by atoms with Gasteiger partial charge in [0, 0.05) is 19.0 Å². The summed E-state index contributed by atoms with van der Waals surface area (Å²) >= 11 is 0. The Morgan fingerprint density at radius 1 is 1.32 bits per heavy atom. The number of hydrogen-bond acceptors (Lipinski definition) is 2. The van der Waals surface area contributed by atoms with E-state index in [0.717, 1.165) is 24.0 Å². The van der Waals surface area contributed by atoms with Gasteiger partial charge in [-0.3, -0.25) is 0 Å². The van der Waals surface area contributed by atoms with E-state index in [0.29, 0.717) is 19.0 Å². The average molecular weight is 303 g/mol. The molecule has 1 heterocycles. The largest absolute Gasteiger partial charge is 0.444 e. The number of carbonyl (C=O) groups is 1. The molecule has 0 aromatic heterocycles. The molecular weight excluding hydrogens is 281 g/mol. The molecule has 0 saturated carbocycles. The fourth-order valence-electron chi connectivity index (χ4n) is 3.08. The van der Waals surface area contributed by atoms with Crippen molar-refractivity contribution in [2.45, 2.75) is 39.2 Å². The van der Waals surface area contributed by atoms with Crippen LogP contribution in [0.15, 0.2) is 24.3 Å². The topological polar surface area (TPSA) is 29.5 Å². The van der Waals surface area contributed by atoms with E-state index in [2.05, 4.69) is 6.08 Å². The highest BCUT2D eigenvalue weighted by Gasteiger charge is 2.36. The molecule has 1 saturated heterocycles. The molecule has 1 aliphatic heterocycles. The summed E-state index contributed by atoms with van der Waals surface area (Å²) in [4.78, 5) is 13.7. The summed E-state index contributed by atoms with van der Waals surface area (Å²) in [6.07, 6.45) is 3.81. The molecule has 0 radical (unpaired) electrons. The van der Waals surface area contributed by atoms with Crippen molar-refractivity contribution >= 4 is 11.7 Å². The van der Waals surface area contributed by atoms with Gasteiger partial charge in [0.2, 0.25) is 0 Å². The molecule has 0 N–H and O–H groups in total. The number of ether oxygens (including phenoxy) is 1. The lowest BCUT2D eigenvalue weighted by Crippen LogP contribution is -2.52. The number of halogens is 1. The molecule has 3 rings (SSSR count). The Kier molecular flexibility index (Phi) is 3.71. The minimum atomic E-state index is -0.462. The van der Waals surface area contributed by atoms with Gasteiger partial charge in [-0.1, -0.05) is 12.1 Å². The lowest BCUT2D eigenvalue weighted by molar-refractivity contribution is 0.00596. The van der Waals surface area contributed by atoms with Crippen LogP contribution in [0.25, 0.3) is 5.57 Å². The van der Waals surface area contributed by atoms with Gasteiger partial charge in [-0.15, -0.1) is 0 Å². The zero-order valence-electron chi connectivity index (χ0n) is 13.4. The van der Waals surface area contributed by atoms with Crippen LogP contribution in [-0.2, 0) is 11.2 Å². The van der Waals surface area contributed by atoms with E-state index in [-0.39, 0.29) is 11.9 Å². The van der Waals surface area contributed by atoms with Crippen LogP contribution in [0, 0.1) is 11.7 Å². The molecule has 1 fully saturated rings. The molecule has 22 heavy (non-hydrogen) atoms. The first kappa shape index (κ1) is 15.1. The quantitative estimate of drug-likeness (QED) is 0.784. The second kappa shape index (κ2) is 5.41. The third-order valence-corrected chi connectivity index (χ3v) is 4.13. The second-order valence-electron chi connectivity index (χ2n) is 7.08. The molecular formula is C18H22FNO2. The number of rotatable bonds is 1. The van der Waals surface area contributed by atoms with Crippen molar-refractivity contribution in [1.29, 1.82) is 0 Å². The van der Waals surface area contributed by atoms with Crippen molar-refractivity contribution in [1.82, 2.24) is 4.90 Å². The third-order valence-electron chi connectivity index (χ3n) is 4.13. The smallest absolute Gasteiger partial charge is 0.410 e. The number of aryl methyl sites for hydroxylation is 1. The van der Waals surface area contributed by atoms with Gasteiger partial charge in [-0.25, -0.2) is 9.18 Å². The molecule has 3 nitrogen and oxygen atoms in total. The van der Waals surface area contributed by atoms with Crippen LogP contribution in [0.4, 0.5) is 9.18 Å². The summed E-state index contributed by atoms with van der Waals surface area (Å²) in [5.41, 5.74) is 3.01. The maximum atomic E-state index is 13.4. The molecule has 0 unspecified atom stereocenters. The first-order valence-electron chi connectivity index (χ1n) is 7.80. The van der Waals surface area contributed by atoms with E-state index in [1.807, 2.05) is 26.8 Å². The Morgan fingerprint density at radius 2 is 2.05 bits per heavy atom. The van der Waals surface area contributed by atoms with Gasteiger partial charge in [0.05, 0.1) is 0 Å². The van der Waals surface area contributed by atoms with Crippen molar-refractivity contribution in [2.24, 2.45) is 5.92 Å². The lowest BCUT2D eigenvalue weighted by Gasteiger charge is -2.42. The van der Waals surface area contributed by atoms with Crippen LogP contribution >= 0.6 is 0 Å². The van der Waals surface area contributed by atoms with Gasteiger partial charge in [0.15, 0.2) is 0 Å². The molecule has 1 amide bonds. The van der Waals surface area contributed by atoms with E-state index < -0.39 is 5.60 Å². The molecule has 0 bridgehead atoms. The fraction of sp³-hybridized carbons (Fsp3) is 0.500. The highest BCUT2D eigenvalue weighted by Crippen LogP contribution is 2.37. The number of benzene rings is 1. The molecule has 1 aliphatic carbocycles. The number of carbonyl (C=O) groups excluding carboxylic acids is 1. The molecule has 1 aromatic carbocycles. The number of likely N-dealkylation sites (tertiary alicyclic amines) is 1. The van der Waals surface area contributed by atoms with E-state index in [1.54, 1.807) is 11.0 Å². The number of fused-ring (bicyclic) bond motifs is 1. The molecule has 2 aliphatic rings. The number of allylic oxidation sites excluding steroid dienone is 1. The fourth-order valence-corrected chi connectivity index (χ4v) is 3.08. The SMILES string of the molecule is CC(C)(C)OC(=O)N1CC(C2=CCCc3cc(F)ccc32)C1. The van der Waals surface area contributed by atoms with Gasteiger partial charge in [0.25, 0.3) is 0 Å². The van der Waals surface area contributed by atoms with Gasteiger partial charge in [-0.05, 0) is 62.4 Å². The second-order valence-corrected chi connectivity index (χ2v) is 7.08. The summed E-state index contributed by atoms with van der Waals surface area (Å²) in [5.74, 6) is 0.154. The Balaban J connectivity index is 1.67. The van der Waals surface area contributed by atoms with E-state index >= 15 is 0 Å². The third kappa shape index (κ3) is 3.01. The van der Waals surface area contributed by atoms with Crippen molar-refractivity contribution in [3.05, 3.63) is 41.2 Å². The Bertz CT molecular complexity index is 624. The Morgan fingerprint density at radius 3 is 2.73 bits per heavy atom. The van der Waals surface area contributed by atoms with Crippen LogP contribution in [0.1, 0.15) is 38.3 Å². The number of hydrogen-bond donors (Lipinski definition) is 0. The van der Waals surface area contributed by atoms with Gasteiger partial charge >= 0.3 is 6.09 Å². The monoisotopic (exact) mass is 303 g/mol. The van der Waals surface area contributed by atoms with Crippen molar-refractivity contribution < 1.29 is 13.9 Å². The predicted octanol–water partition coefficient (Wildman–Crippen LogP) is 4.02. The van der Waals surface area contributed by atoms with E-state index in [4.69, 9.17) is 4.74 Å². The van der Waals surface area contributed by atoms with Gasteiger partial charge < -0.3 is 9.64 Å². The van der Waals surface area contributed by atoms with Gasteiger partial charge in [-0.2, -0.15) is 0 Å². The normalized spacial score (nSPS) is 18.4. The van der Waals surface area contributed by atoms with E-state index in [9.17, 15) is 9.18 Å². The summed E-state index contributed by atoms with van der Waals surface area (Å²) in [5, 5.41) is 0. The van der Waals surface area contributed by atoms with Crippen LogP contribution in [0.2, 0.25) is 0 Å². The zero-order valence-corrected chi connectivity index (χ0v) is 13.4. The standard InChI is InChI=1S/C18H22FNO2/c1-18(2,3)22-17(21)20-10-13(11-20)15-6-4-5-12-9-14(19)7-8-16(12)15/h6-9,13H,4-5,10-11H2,1-3H3. The highest BCUT2D eigenvalue weighted by molar-refractivity contribution is 5.76. The van der Waals surface area contributed by atoms with Crippen molar-refractivity contribution in [2.75, 3.05) is 13.1 Å². The molecule has 118 valence electrons. The zero-order chi connectivity index (χ0) is 15.9. The molecule has 1 aromatic rings. The maximum absolute atomic E-state index is 13.4. The van der Waals surface area contributed by atoms with Gasteiger partial charge in [0.1, 0.15) is 11.4 Å². The first-order chi connectivity index (χ1) is 10.3. The highest BCUT2D eigenvalue weighted by atomic mass is 19.1. The molecule has 4 heteroatoms. The summed E-state index contributed by atoms with van der Waals surface area (Å²) in [6, 6.07) is 5.01. The Hall–Kier alpha value is -1.84. The van der Waals surface area contributed by atoms with Crippen LogP contribution < -0.4 is 0 Å². The first-order valence-corrected chi connectivity index (χ1v) is 7.80. The predicted molar refractivity (Wildman–Crippen MR) is 84.0 cm³/mol. The van der Waals surface area contributed by atoms with Crippen LogP contribution in [0.5, 0.6) is 0 Å². The summed E-state index contributed by atoms with van der Waals surface area (Å²) in [6.45, 7) is 6.97. The van der Waals surface area contributed by atoms with E-state index in [1.165, 1.54) is 11.6 Å².